The number of aryl methyl sites for hydroxylation is 1. The van der Waals surface area contributed by atoms with Crippen LogP contribution in [-0.4, -0.2) is 54.4 Å². The third-order valence-electron chi connectivity index (χ3n) is 6.26. The molecule has 1 aromatic heterocycles. The Labute approximate surface area is 176 Å². The molecule has 2 aliphatic rings. The first-order valence-electron chi connectivity index (χ1n) is 10.4. The van der Waals surface area contributed by atoms with Crippen molar-refractivity contribution in [1.82, 2.24) is 15.4 Å². The predicted molar refractivity (Wildman–Crippen MR) is 112 cm³/mol. The second-order valence-electron chi connectivity index (χ2n) is 8.01. The van der Waals surface area contributed by atoms with Crippen molar-refractivity contribution in [2.45, 2.75) is 44.6 Å². The van der Waals surface area contributed by atoms with Crippen LogP contribution < -0.4 is 5.32 Å². The van der Waals surface area contributed by atoms with E-state index in [0.29, 0.717) is 34.1 Å². The van der Waals surface area contributed by atoms with Crippen molar-refractivity contribution >= 4 is 17.5 Å². The van der Waals surface area contributed by atoms with Gasteiger partial charge >= 0.3 is 0 Å². The number of nitrogens with zero attached hydrogens (tertiary/aromatic N) is 2. The first kappa shape index (κ1) is 20.4. The average Bonchev–Trinajstić information content (AvgIpc) is 3.15. The highest BCUT2D eigenvalue weighted by Gasteiger charge is 2.39. The molecule has 2 heterocycles. The van der Waals surface area contributed by atoms with Gasteiger partial charge < -0.3 is 14.6 Å². The van der Waals surface area contributed by atoms with Gasteiger partial charge in [-0.3, -0.25) is 9.69 Å². The fourth-order valence-corrected chi connectivity index (χ4v) is 4.89. The maximum atomic E-state index is 13.2. The standard InChI is InChI=1S/C22H28ClN3O3/c1-16-19(20(25-29-16)17-7-3-4-8-18(17)23)21(27)24-15-22(9-5-2-6-10-22)26-11-13-28-14-12-26/h3-4,7-8H,2,5-6,9-15H2,1H3,(H,24,27). The summed E-state index contributed by atoms with van der Waals surface area (Å²) in [5.74, 6) is 0.346. The second kappa shape index (κ2) is 8.86. The number of rotatable bonds is 5. The van der Waals surface area contributed by atoms with E-state index in [1.54, 1.807) is 13.0 Å². The highest BCUT2D eigenvalue weighted by molar-refractivity contribution is 6.33. The normalized spacial score (nSPS) is 19.8. The lowest BCUT2D eigenvalue weighted by Crippen LogP contribution is -2.59. The molecule has 1 aromatic carbocycles. The van der Waals surface area contributed by atoms with E-state index >= 15 is 0 Å². The van der Waals surface area contributed by atoms with Crippen LogP contribution >= 0.6 is 11.6 Å². The number of amides is 1. The minimum absolute atomic E-state index is 0.00726. The van der Waals surface area contributed by atoms with Gasteiger partial charge in [-0.1, -0.05) is 54.2 Å². The Balaban J connectivity index is 1.55. The lowest BCUT2D eigenvalue weighted by Gasteiger charge is -2.48. The molecule has 0 unspecified atom stereocenters. The largest absolute Gasteiger partial charge is 0.379 e. The molecule has 156 valence electrons. The molecule has 1 amide bonds. The number of carbonyl (C=O) groups excluding carboxylic acids is 1. The molecule has 2 fully saturated rings. The summed E-state index contributed by atoms with van der Waals surface area (Å²) in [6.45, 7) is 5.76. The molecular weight excluding hydrogens is 390 g/mol. The third kappa shape index (κ3) is 4.20. The molecule has 0 spiro atoms. The van der Waals surface area contributed by atoms with E-state index in [4.69, 9.17) is 20.9 Å². The molecule has 29 heavy (non-hydrogen) atoms. The average molecular weight is 418 g/mol. The molecule has 2 aromatic rings. The van der Waals surface area contributed by atoms with Crippen molar-refractivity contribution in [3.63, 3.8) is 0 Å². The molecule has 7 heteroatoms. The van der Waals surface area contributed by atoms with Gasteiger partial charge in [0.15, 0.2) is 0 Å². The zero-order valence-electron chi connectivity index (χ0n) is 16.9. The summed E-state index contributed by atoms with van der Waals surface area (Å²) < 4.78 is 10.9. The Hall–Kier alpha value is -1.89. The van der Waals surface area contributed by atoms with Crippen LogP contribution in [0.4, 0.5) is 0 Å². The van der Waals surface area contributed by atoms with Gasteiger partial charge in [-0.2, -0.15) is 0 Å². The predicted octanol–water partition coefficient (Wildman–Crippen LogP) is 4.07. The Morgan fingerprint density at radius 3 is 2.66 bits per heavy atom. The van der Waals surface area contributed by atoms with Crippen molar-refractivity contribution in [3.05, 3.63) is 40.6 Å². The Bertz CT molecular complexity index is 855. The second-order valence-corrected chi connectivity index (χ2v) is 8.42. The van der Waals surface area contributed by atoms with Gasteiger partial charge in [-0.25, -0.2) is 0 Å². The van der Waals surface area contributed by atoms with E-state index in [-0.39, 0.29) is 11.4 Å². The summed E-state index contributed by atoms with van der Waals surface area (Å²) in [6.07, 6.45) is 5.87. The van der Waals surface area contributed by atoms with Gasteiger partial charge in [-0.05, 0) is 25.8 Å². The van der Waals surface area contributed by atoms with Crippen LogP contribution in [0.1, 0.15) is 48.2 Å². The van der Waals surface area contributed by atoms with Crippen molar-refractivity contribution in [1.29, 1.82) is 0 Å². The molecule has 1 N–H and O–H groups in total. The monoisotopic (exact) mass is 417 g/mol. The maximum Gasteiger partial charge on any atom is 0.257 e. The fraction of sp³-hybridized carbons (Fsp3) is 0.545. The Kier molecular flexibility index (Phi) is 6.23. The molecule has 1 saturated carbocycles. The first-order chi connectivity index (χ1) is 14.1. The zero-order chi connectivity index (χ0) is 20.3. The van der Waals surface area contributed by atoms with Gasteiger partial charge in [0.1, 0.15) is 17.0 Å². The van der Waals surface area contributed by atoms with E-state index in [2.05, 4.69) is 15.4 Å². The first-order valence-corrected chi connectivity index (χ1v) is 10.8. The van der Waals surface area contributed by atoms with Crippen LogP contribution in [0.3, 0.4) is 0 Å². The third-order valence-corrected chi connectivity index (χ3v) is 6.59. The van der Waals surface area contributed by atoms with Crippen LogP contribution in [0.5, 0.6) is 0 Å². The van der Waals surface area contributed by atoms with Gasteiger partial charge in [-0.15, -0.1) is 0 Å². The number of hydrogen-bond acceptors (Lipinski definition) is 5. The van der Waals surface area contributed by atoms with Gasteiger partial charge in [0.05, 0.1) is 18.2 Å². The van der Waals surface area contributed by atoms with Crippen molar-refractivity contribution in [3.8, 4) is 11.3 Å². The van der Waals surface area contributed by atoms with Crippen LogP contribution in [0, 0.1) is 6.92 Å². The summed E-state index contributed by atoms with van der Waals surface area (Å²) in [4.78, 5) is 15.7. The summed E-state index contributed by atoms with van der Waals surface area (Å²) >= 11 is 6.34. The van der Waals surface area contributed by atoms with Gasteiger partial charge in [0.25, 0.3) is 5.91 Å². The number of halogens is 1. The number of aromatic nitrogens is 1. The van der Waals surface area contributed by atoms with E-state index in [0.717, 1.165) is 39.1 Å². The number of morpholine rings is 1. The molecular formula is C22H28ClN3O3. The van der Waals surface area contributed by atoms with Crippen molar-refractivity contribution in [2.75, 3.05) is 32.8 Å². The number of carbonyl (C=O) groups is 1. The molecule has 1 saturated heterocycles. The Morgan fingerprint density at radius 1 is 1.21 bits per heavy atom. The van der Waals surface area contributed by atoms with Crippen LogP contribution in [0.15, 0.2) is 28.8 Å². The van der Waals surface area contributed by atoms with Crippen LogP contribution in [-0.2, 0) is 4.74 Å². The van der Waals surface area contributed by atoms with Crippen molar-refractivity contribution in [2.24, 2.45) is 0 Å². The molecule has 0 bridgehead atoms. The molecule has 6 nitrogen and oxygen atoms in total. The summed E-state index contributed by atoms with van der Waals surface area (Å²) in [7, 11) is 0. The van der Waals surface area contributed by atoms with E-state index < -0.39 is 0 Å². The van der Waals surface area contributed by atoms with Gasteiger partial charge in [0.2, 0.25) is 0 Å². The van der Waals surface area contributed by atoms with Gasteiger partial charge in [0, 0.05) is 30.7 Å². The van der Waals surface area contributed by atoms with Crippen LogP contribution in [0.2, 0.25) is 5.02 Å². The molecule has 1 aliphatic heterocycles. The highest BCUT2D eigenvalue weighted by atomic mass is 35.5. The zero-order valence-corrected chi connectivity index (χ0v) is 17.6. The molecule has 1 aliphatic carbocycles. The molecule has 0 radical (unpaired) electrons. The Morgan fingerprint density at radius 2 is 1.93 bits per heavy atom. The summed E-state index contributed by atoms with van der Waals surface area (Å²) in [5.41, 5.74) is 1.67. The number of hydrogen-bond donors (Lipinski definition) is 1. The highest BCUT2D eigenvalue weighted by Crippen LogP contribution is 2.35. The lowest BCUT2D eigenvalue weighted by atomic mass is 9.79. The van der Waals surface area contributed by atoms with E-state index in [9.17, 15) is 4.79 Å². The number of nitrogens with one attached hydrogen (secondary N) is 1. The van der Waals surface area contributed by atoms with E-state index in [1.807, 2.05) is 18.2 Å². The number of ether oxygens (including phenoxy) is 1. The molecule has 0 atom stereocenters. The smallest absolute Gasteiger partial charge is 0.257 e. The van der Waals surface area contributed by atoms with E-state index in [1.165, 1.54) is 19.3 Å². The SMILES string of the molecule is Cc1onc(-c2ccccc2Cl)c1C(=O)NCC1(N2CCOCC2)CCCCC1. The summed E-state index contributed by atoms with van der Waals surface area (Å²) in [6, 6.07) is 7.38. The summed E-state index contributed by atoms with van der Waals surface area (Å²) in [5, 5.41) is 7.87. The quantitative estimate of drug-likeness (QED) is 0.794. The van der Waals surface area contributed by atoms with Crippen LogP contribution in [0.25, 0.3) is 11.3 Å². The van der Waals surface area contributed by atoms with Crippen molar-refractivity contribution < 1.29 is 14.1 Å². The minimum Gasteiger partial charge on any atom is -0.379 e. The maximum absolute atomic E-state index is 13.2. The topological polar surface area (TPSA) is 67.6 Å². The fourth-order valence-electron chi connectivity index (χ4n) is 4.66. The molecule has 4 rings (SSSR count). The lowest BCUT2D eigenvalue weighted by molar-refractivity contribution is -0.0361. The number of benzene rings is 1. The minimum atomic E-state index is -0.156.